The van der Waals surface area contributed by atoms with E-state index < -0.39 is 6.04 Å². The van der Waals surface area contributed by atoms with E-state index in [1.807, 2.05) is 24.9 Å². The van der Waals surface area contributed by atoms with Crippen LogP contribution in [0, 0.1) is 6.92 Å². The first kappa shape index (κ1) is 19.7. The number of hydrogen-bond donors (Lipinski definition) is 2. The number of carbonyl (C=O) groups is 2. The lowest BCUT2D eigenvalue weighted by atomic mass is 10.2. The Kier molecular flexibility index (Phi) is 6.42. The lowest BCUT2D eigenvalue weighted by Crippen LogP contribution is -2.47. The number of aromatic nitrogens is 2. The van der Waals surface area contributed by atoms with Crippen molar-refractivity contribution in [2.24, 2.45) is 7.05 Å². The summed E-state index contributed by atoms with van der Waals surface area (Å²) in [6, 6.07) is 1.32. The van der Waals surface area contributed by atoms with Crippen molar-refractivity contribution in [3.63, 3.8) is 0 Å². The normalized spacial score (nSPS) is 16.2. The van der Waals surface area contributed by atoms with Gasteiger partial charge in [-0.3, -0.25) is 14.3 Å². The Morgan fingerprint density at radius 1 is 1.36 bits per heavy atom. The summed E-state index contributed by atoms with van der Waals surface area (Å²) in [4.78, 5) is 28.4. The summed E-state index contributed by atoms with van der Waals surface area (Å²) in [5.74, 6) is -0.226. The van der Waals surface area contributed by atoms with E-state index in [4.69, 9.17) is 0 Å². The Hall–Kier alpha value is -1.64. The predicted octanol–water partition coefficient (Wildman–Crippen LogP) is 1.31. The topological polar surface area (TPSA) is 79.3 Å². The molecule has 0 spiro atoms. The highest BCUT2D eigenvalue weighted by Crippen LogP contribution is 2.27. The van der Waals surface area contributed by atoms with Crippen LogP contribution in [-0.4, -0.2) is 58.7 Å². The lowest BCUT2D eigenvalue weighted by molar-refractivity contribution is -0.132. The smallest absolute Gasteiger partial charge is 0.262 e. The molecule has 7 nitrogen and oxygen atoms in total. The minimum absolute atomic E-state index is 0. The maximum absolute atomic E-state index is 12.5. The second-order valence-electron chi connectivity index (χ2n) is 6.16. The number of amides is 2. The molecule has 1 unspecified atom stereocenters. The third-order valence-corrected chi connectivity index (χ3v) is 5.49. The fourth-order valence-corrected chi connectivity index (χ4v) is 4.01. The van der Waals surface area contributed by atoms with Crippen LogP contribution in [0.4, 0.5) is 0 Å². The molecule has 2 amide bonds. The van der Waals surface area contributed by atoms with E-state index in [2.05, 4.69) is 15.7 Å². The minimum Gasteiger partial charge on any atom is -0.340 e. The van der Waals surface area contributed by atoms with Crippen molar-refractivity contribution < 1.29 is 9.59 Å². The SMILES string of the molecule is Cc1nn(C)c2sc(C(=O)NC(C)C(=O)N3CCCNCC3)cc12.Cl. The number of aryl methyl sites for hydroxylation is 2. The van der Waals surface area contributed by atoms with Gasteiger partial charge in [-0.25, -0.2) is 0 Å². The molecule has 2 aromatic rings. The van der Waals surface area contributed by atoms with E-state index in [9.17, 15) is 9.59 Å². The number of fused-ring (bicyclic) bond motifs is 1. The van der Waals surface area contributed by atoms with E-state index in [1.165, 1.54) is 11.3 Å². The lowest BCUT2D eigenvalue weighted by Gasteiger charge is -2.24. The highest BCUT2D eigenvalue weighted by molar-refractivity contribution is 7.20. The summed E-state index contributed by atoms with van der Waals surface area (Å²) in [6.07, 6.45) is 0.939. The quantitative estimate of drug-likeness (QED) is 0.834. The molecule has 0 radical (unpaired) electrons. The Labute approximate surface area is 157 Å². The third-order valence-electron chi connectivity index (χ3n) is 4.29. The standard InChI is InChI=1S/C16H23N5O2S.ClH/c1-10-12-9-13(24-16(12)20(3)19-10)14(22)18-11(2)15(23)21-7-4-5-17-6-8-21;/h9,11,17H,4-8H2,1-3H3,(H,18,22);1H. The molecule has 1 aliphatic heterocycles. The minimum atomic E-state index is -0.528. The Morgan fingerprint density at radius 2 is 2.12 bits per heavy atom. The average molecular weight is 386 g/mol. The van der Waals surface area contributed by atoms with Crippen molar-refractivity contribution >= 4 is 45.8 Å². The Bertz CT molecular complexity index is 729. The van der Waals surface area contributed by atoms with Crippen LogP contribution >= 0.6 is 23.7 Å². The van der Waals surface area contributed by atoms with Crippen LogP contribution in [0.25, 0.3) is 10.2 Å². The van der Waals surface area contributed by atoms with E-state index >= 15 is 0 Å². The molecule has 3 heterocycles. The zero-order chi connectivity index (χ0) is 17.3. The summed E-state index contributed by atoms with van der Waals surface area (Å²) >= 11 is 1.40. The van der Waals surface area contributed by atoms with Gasteiger partial charge in [0.2, 0.25) is 5.91 Å². The molecule has 3 rings (SSSR count). The van der Waals surface area contributed by atoms with Gasteiger partial charge in [-0.05, 0) is 32.9 Å². The van der Waals surface area contributed by atoms with Crippen LogP contribution in [0.1, 0.15) is 28.7 Å². The summed E-state index contributed by atoms with van der Waals surface area (Å²) in [6.45, 7) is 6.83. The van der Waals surface area contributed by atoms with Crippen LogP contribution in [0.15, 0.2) is 6.07 Å². The third kappa shape index (κ3) is 4.13. The Balaban J connectivity index is 0.00000225. The van der Waals surface area contributed by atoms with Crippen LogP contribution < -0.4 is 10.6 Å². The largest absolute Gasteiger partial charge is 0.340 e. The van der Waals surface area contributed by atoms with Crippen molar-refractivity contribution in [1.29, 1.82) is 0 Å². The van der Waals surface area contributed by atoms with E-state index in [0.717, 1.165) is 42.0 Å². The van der Waals surface area contributed by atoms with Crippen LogP contribution in [0.2, 0.25) is 0 Å². The van der Waals surface area contributed by atoms with Gasteiger partial charge >= 0.3 is 0 Å². The molecule has 138 valence electrons. The van der Waals surface area contributed by atoms with Crippen molar-refractivity contribution in [1.82, 2.24) is 25.3 Å². The summed E-state index contributed by atoms with van der Waals surface area (Å²) in [5.41, 5.74) is 0.906. The summed E-state index contributed by atoms with van der Waals surface area (Å²) in [7, 11) is 1.87. The van der Waals surface area contributed by atoms with Crippen molar-refractivity contribution in [3.05, 3.63) is 16.6 Å². The van der Waals surface area contributed by atoms with Gasteiger partial charge in [0.1, 0.15) is 10.9 Å². The van der Waals surface area contributed by atoms with Crippen molar-refractivity contribution in [2.75, 3.05) is 26.2 Å². The molecule has 2 aromatic heterocycles. The van der Waals surface area contributed by atoms with Gasteiger partial charge < -0.3 is 15.5 Å². The molecule has 0 aromatic carbocycles. The summed E-state index contributed by atoms with van der Waals surface area (Å²) in [5, 5.41) is 11.4. The molecule has 1 saturated heterocycles. The maximum Gasteiger partial charge on any atom is 0.262 e. The highest BCUT2D eigenvalue weighted by atomic mass is 35.5. The second kappa shape index (κ2) is 8.16. The number of nitrogens with one attached hydrogen (secondary N) is 2. The number of rotatable bonds is 3. The van der Waals surface area contributed by atoms with Gasteiger partial charge in [0.15, 0.2) is 0 Å². The molecule has 1 atom stereocenters. The monoisotopic (exact) mass is 385 g/mol. The zero-order valence-corrected chi connectivity index (χ0v) is 16.3. The molecule has 0 aliphatic carbocycles. The average Bonchev–Trinajstić information content (AvgIpc) is 2.97. The number of hydrogen-bond acceptors (Lipinski definition) is 5. The van der Waals surface area contributed by atoms with Gasteiger partial charge in [-0.1, -0.05) is 0 Å². The Morgan fingerprint density at radius 3 is 2.84 bits per heavy atom. The van der Waals surface area contributed by atoms with Crippen molar-refractivity contribution in [3.8, 4) is 0 Å². The maximum atomic E-state index is 12.5. The van der Waals surface area contributed by atoms with Crippen molar-refractivity contribution in [2.45, 2.75) is 26.3 Å². The molecule has 0 saturated carbocycles. The number of carbonyl (C=O) groups excluding carboxylic acids is 2. The van der Waals surface area contributed by atoms with E-state index in [-0.39, 0.29) is 24.2 Å². The van der Waals surface area contributed by atoms with Gasteiger partial charge in [-0.2, -0.15) is 5.10 Å². The number of halogens is 1. The van der Waals surface area contributed by atoms with Crippen LogP contribution in [0.3, 0.4) is 0 Å². The first-order valence-electron chi connectivity index (χ1n) is 8.21. The summed E-state index contributed by atoms with van der Waals surface area (Å²) < 4.78 is 1.78. The van der Waals surface area contributed by atoms with Crippen LogP contribution in [-0.2, 0) is 11.8 Å². The van der Waals surface area contributed by atoms with Gasteiger partial charge in [0.05, 0.1) is 10.6 Å². The molecule has 1 fully saturated rings. The first-order chi connectivity index (χ1) is 11.5. The molecule has 25 heavy (non-hydrogen) atoms. The number of thiophene rings is 1. The zero-order valence-electron chi connectivity index (χ0n) is 14.7. The number of nitrogens with zero attached hydrogens (tertiary/aromatic N) is 3. The van der Waals surface area contributed by atoms with Gasteiger partial charge in [0, 0.05) is 32.1 Å². The van der Waals surface area contributed by atoms with E-state index in [1.54, 1.807) is 11.6 Å². The molecule has 2 N–H and O–H groups in total. The van der Waals surface area contributed by atoms with E-state index in [0.29, 0.717) is 11.4 Å². The first-order valence-corrected chi connectivity index (χ1v) is 9.02. The fraction of sp³-hybridized carbons (Fsp3) is 0.562. The fourth-order valence-electron chi connectivity index (χ4n) is 2.99. The van der Waals surface area contributed by atoms with Gasteiger partial charge in [0.25, 0.3) is 5.91 Å². The molecule has 0 bridgehead atoms. The molecule has 1 aliphatic rings. The molecular weight excluding hydrogens is 362 g/mol. The van der Waals surface area contributed by atoms with Gasteiger partial charge in [-0.15, -0.1) is 23.7 Å². The predicted molar refractivity (Wildman–Crippen MR) is 102 cm³/mol. The van der Waals surface area contributed by atoms with Crippen LogP contribution in [0.5, 0.6) is 0 Å². The molecule has 9 heteroatoms. The highest BCUT2D eigenvalue weighted by Gasteiger charge is 2.24. The molecular formula is C16H24ClN5O2S. The second-order valence-corrected chi connectivity index (χ2v) is 7.19.